The molecule has 0 saturated heterocycles. The average molecular weight is 331 g/mol. The zero-order valence-electron chi connectivity index (χ0n) is 10.7. The molecule has 0 aromatic heterocycles. The Balaban J connectivity index is 2.41. The number of nitrogens with one attached hydrogen (secondary N) is 1. The molecule has 1 aliphatic carbocycles. The maximum atomic E-state index is 12.6. The van der Waals surface area contributed by atoms with Gasteiger partial charge in [-0.3, -0.25) is 9.59 Å². The summed E-state index contributed by atoms with van der Waals surface area (Å²) in [6.45, 7) is 0. The Bertz CT molecular complexity index is 769. The normalized spacial score (nSPS) is 12.9. The van der Waals surface area contributed by atoms with Crippen molar-refractivity contribution in [3.8, 4) is 0 Å². The number of benzene rings is 2. The van der Waals surface area contributed by atoms with Crippen LogP contribution in [0.1, 0.15) is 31.8 Å². The van der Waals surface area contributed by atoms with Crippen LogP contribution >= 0.6 is 15.9 Å². The minimum Gasteiger partial charge on any atom is -0.397 e. The fraction of sp³-hybridized carbons (Fsp3) is 0.0667. The van der Waals surface area contributed by atoms with E-state index in [2.05, 4.69) is 21.2 Å². The van der Waals surface area contributed by atoms with Crippen LogP contribution in [-0.2, 0) is 0 Å². The number of nitrogen functional groups attached to an aromatic ring is 1. The van der Waals surface area contributed by atoms with Crippen molar-refractivity contribution in [1.82, 2.24) is 0 Å². The summed E-state index contributed by atoms with van der Waals surface area (Å²) in [5.74, 6) is -0.399. The van der Waals surface area contributed by atoms with E-state index in [1.807, 2.05) is 0 Å². The number of carbonyl (C=O) groups excluding carboxylic acids is 2. The molecule has 0 spiro atoms. The maximum absolute atomic E-state index is 12.6. The van der Waals surface area contributed by atoms with Crippen molar-refractivity contribution < 1.29 is 9.59 Å². The minimum atomic E-state index is -0.217. The second-order valence-corrected chi connectivity index (χ2v) is 5.38. The predicted octanol–water partition coefficient (Wildman–Crippen LogP) is 2.85. The molecule has 0 bridgehead atoms. The van der Waals surface area contributed by atoms with Crippen molar-refractivity contribution >= 4 is 38.9 Å². The monoisotopic (exact) mass is 330 g/mol. The smallest absolute Gasteiger partial charge is 0.196 e. The van der Waals surface area contributed by atoms with Crippen molar-refractivity contribution in [2.45, 2.75) is 0 Å². The summed E-state index contributed by atoms with van der Waals surface area (Å²) in [7, 11) is 1.70. The van der Waals surface area contributed by atoms with Gasteiger partial charge in [-0.25, -0.2) is 0 Å². The molecule has 0 fully saturated rings. The molecule has 3 rings (SSSR count). The summed E-state index contributed by atoms with van der Waals surface area (Å²) in [6.07, 6.45) is 0. The van der Waals surface area contributed by atoms with Crippen LogP contribution in [-0.4, -0.2) is 18.6 Å². The number of carbonyl (C=O) groups is 2. The van der Waals surface area contributed by atoms with E-state index in [-0.39, 0.29) is 17.1 Å². The fourth-order valence-corrected chi connectivity index (χ4v) is 2.91. The molecule has 5 heteroatoms. The van der Waals surface area contributed by atoms with Crippen molar-refractivity contribution in [2.75, 3.05) is 18.1 Å². The third-order valence-electron chi connectivity index (χ3n) is 3.46. The summed E-state index contributed by atoms with van der Waals surface area (Å²) in [5, 5.41) is 2.95. The molecule has 4 nitrogen and oxygen atoms in total. The largest absolute Gasteiger partial charge is 0.397 e. The van der Waals surface area contributed by atoms with E-state index in [0.717, 1.165) is 0 Å². The molecule has 100 valence electrons. The first-order chi connectivity index (χ1) is 9.56. The number of ketones is 2. The van der Waals surface area contributed by atoms with E-state index in [0.29, 0.717) is 32.5 Å². The van der Waals surface area contributed by atoms with Gasteiger partial charge in [0.25, 0.3) is 0 Å². The van der Waals surface area contributed by atoms with E-state index in [4.69, 9.17) is 5.73 Å². The number of anilines is 2. The lowest BCUT2D eigenvalue weighted by molar-refractivity contribution is 0.0980. The summed E-state index contributed by atoms with van der Waals surface area (Å²) in [4.78, 5) is 25.2. The highest BCUT2D eigenvalue weighted by Crippen LogP contribution is 2.39. The van der Waals surface area contributed by atoms with E-state index in [1.165, 1.54) is 0 Å². The van der Waals surface area contributed by atoms with Crippen LogP contribution < -0.4 is 11.1 Å². The van der Waals surface area contributed by atoms with Gasteiger partial charge < -0.3 is 11.1 Å². The van der Waals surface area contributed by atoms with E-state index in [1.54, 1.807) is 37.4 Å². The lowest BCUT2D eigenvalue weighted by Crippen LogP contribution is -2.23. The van der Waals surface area contributed by atoms with Crippen LogP contribution in [0.15, 0.2) is 34.8 Å². The molecule has 0 unspecified atom stereocenters. The van der Waals surface area contributed by atoms with E-state index >= 15 is 0 Å². The molecule has 0 atom stereocenters. The minimum absolute atomic E-state index is 0.182. The molecule has 0 saturated carbocycles. The highest BCUT2D eigenvalue weighted by Gasteiger charge is 2.33. The van der Waals surface area contributed by atoms with Crippen LogP contribution in [0.5, 0.6) is 0 Å². The number of hydrogen-bond acceptors (Lipinski definition) is 4. The van der Waals surface area contributed by atoms with Crippen molar-refractivity contribution in [3.63, 3.8) is 0 Å². The quantitative estimate of drug-likeness (QED) is 0.673. The van der Waals surface area contributed by atoms with Crippen LogP contribution in [0.4, 0.5) is 11.4 Å². The molecule has 20 heavy (non-hydrogen) atoms. The molecular formula is C15H11BrN2O2. The average Bonchev–Trinajstić information content (AvgIpc) is 2.47. The molecule has 2 aromatic carbocycles. The second kappa shape index (κ2) is 4.45. The van der Waals surface area contributed by atoms with Gasteiger partial charge in [0.05, 0.1) is 16.8 Å². The highest BCUT2D eigenvalue weighted by atomic mass is 79.9. The molecule has 1 aliphatic rings. The van der Waals surface area contributed by atoms with Crippen LogP contribution in [0.3, 0.4) is 0 Å². The molecular weight excluding hydrogens is 320 g/mol. The number of fused-ring (bicyclic) bond motifs is 2. The van der Waals surface area contributed by atoms with Gasteiger partial charge in [-0.05, 0) is 22.0 Å². The Hall–Kier alpha value is -2.14. The molecule has 0 aliphatic heterocycles. The van der Waals surface area contributed by atoms with Crippen LogP contribution in [0.2, 0.25) is 0 Å². The van der Waals surface area contributed by atoms with E-state index < -0.39 is 0 Å². The lowest BCUT2D eigenvalue weighted by Gasteiger charge is -2.22. The Labute approximate surface area is 124 Å². The van der Waals surface area contributed by atoms with Crippen molar-refractivity contribution in [3.05, 3.63) is 57.1 Å². The third-order valence-corrected chi connectivity index (χ3v) is 4.11. The molecule has 0 heterocycles. The van der Waals surface area contributed by atoms with Gasteiger partial charge in [0.2, 0.25) is 0 Å². The first-order valence-corrected chi connectivity index (χ1v) is 6.83. The Morgan fingerprint density at radius 1 is 1.05 bits per heavy atom. The van der Waals surface area contributed by atoms with Gasteiger partial charge in [0.1, 0.15) is 0 Å². The lowest BCUT2D eigenvalue weighted by atomic mass is 9.82. The number of hydrogen-bond donors (Lipinski definition) is 2. The SMILES string of the molecule is CNc1cc(Br)c(N)c2c1C(=O)c1ccccc1C2=O. The molecule has 2 aromatic rings. The Kier molecular flexibility index (Phi) is 2.87. The third kappa shape index (κ3) is 1.59. The fourth-order valence-electron chi connectivity index (χ4n) is 2.48. The Morgan fingerprint density at radius 2 is 1.60 bits per heavy atom. The number of halogens is 1. The zero-order chi connectivity index (χ0) is 14.4. The number of rotatable bonds is 1. The maximum Gasteiger partial charge on any atom is 0.196 e. The summed E-state index contributed by atoms with van der Waals surface area (Å²) in [6, 6.07) is 8.51. The van der Waals surface area contributed by atoms with Crippen LogP contribution in [0, 0.1) is 0 Å². The molecule has 3 N–H and O–H groups in total. The summed E-state index contributed by atoms with van der Waals surface area (Å²) >= 11 is 3.32. The summed E-state index contributed by atoms with van der Waals surface area (Å²) < 4.78 is 0.598. The first kappa shape index (κ1) is 12.9. The molecule has 0 amide bonds. The number of nitrogens with two attached hydrogens (primary N) is 1. The van der Waals surface area contributed by atoms with Gasteiger partial charge in [-0.2, -0.15) is 0 Å². The van der Waals surface area contributed by atoms with Gasteiger partial charge >= 0.3 is 0 Å². The highest BCUT2D eigenvalue weighted by molar-refractivity contribution is 9.10. The van der Waals surface area contributed by atoms with Gasteiger partial charge in [0, 0.05) is 28.3 Å². The van der Waals surface area contributed by atoms with E-state index in [9.17, 15) is 9.59 Å². The van der Waals surface area contributed by atoms with Crippen LogP contribution in [0.25, 0.3) is 0 Å². The summed E-state index contributed by atoms with van der Waals surface area (Å²) in [5.41, 5.74) is 8.31. The zero-order valence-corrected chi connectivity index (χ0v) is 12.2. The standard InChI is InChI=1S/C15H11BrN2O2/c1-18-10-6-9(16)13(17)12-11(10)14(19)7-4-2-3-5-8(7)15(12)20/h2-6,18H,17H2,1H3. The second-order valence-electron chi connectivity index (χ2n) is 4.52. The van der Waals surface area contributed by atoms with Gasteiger partial charge in [-0.15, -0.1) is 0 Å². The molecule has 0 radical (unpaired) electrons. The van der Waals surface area contributed by atoms with Gasteiger partial charge in [-0.1, -0.05) is 24.3 Å². The van der Waals surface area contributed by atoms with Gasteiger partial charge in [0.15, 0.2) is 11.6 Å². The Morgan fingerprint density at radius 3 is 2.15 bits per heavy atom. The predicted molar refractivity (Wildman–Crippen MR) is 81.4 cm³/mol. The topological polar surface area (TPSA) is 72.2 Å². The first-order valence-electron chi connectivity index (χ1n) is 6.04. The van der Waals surface area contributed by atoms with Crippen molar-refractivity contribution in [2.24, 2.45) is 0 Å². The van der Waals surface area contributed by atoms with Crippen molar-refractivity contribution in [1.29, 1.82) is 0 Å².